The molecular formula is C18H22Br2N2O4. The van der Waals surface area contributed by atoms with Gasteiger partial charge in [0.1, 0.15) is 11.1 Å². The molecule has 0 amide bonds. The van der Waals surface area contributed by atoms with Gasteiger partial charge in [-0.05, 0) is 26.0 Å². The molecule has 2 aromatic heterocycles. The average Bonchev–Trinajstić information content (AvgIpc) is 2.61. The van der Waals surface area contributed by atoms with Crippen LogP contribution in [-0.4, -0.2) is 25.2 Å². The maximum Gasteiger partial charge on any atom is 0.344 e. The summed E-state index contributed by atoms with van der Waals surface area (Å²) in [5, 5.41) is 0. The van der Waals surface area contributed by atoms with Crippen molar-refractivity contribution in [3.8, 4) is 0 Å². The largest absolute Gasteiger partial charge is 1.00 e. The van der Waals surface area contributed by atoms with Crippen LogP contribution >= 0.6 is 0 Å². The Hall–Kier alpha value is -1.80. The second-order valence-corrected chi connectivity index (χ2v) is 5.10. The third-order valence-electron chi connectivity index (χ3n) is 3.36. The lowest BCUT2D eigenvalue weighted by Gasteiger charge is -2.02. The molecule has 6 nitrogen and oxygen atoms in total. The maximum absolute atomic E-state index is 11.8. The van der Waals surface area contributed by atoms with Crippen LogP contribution in [-0.2, 0) is 22.6 Å². The zero-order valence-corrected chi connectivity index (χ0v) is 17.9. The number of aromatic nitrogens is 2. The normalized spacial score (nSPS) is 9.46. The monoisotopic (exact) mass is 488 g/mol. The van der Waals surface area contributed by atoms with Crippen LogP contribution in [0.1, 0.15) is 34.6 Å². The van der Waals surface area contributed by atoms with Crippen molar-refractivity contribution >= 4 is 11.9 Å². The topological polar surface area (TPSA) is 60.4 Å². The first-order valence-corrected chi connectivity index (χ1v) is 7.96. The number of esters is 2. The molecule has 2 aromatic rings. The molecule has 0 aliphatic heterocycles. The van der Waals surface area contributed by atoms with E-state index in [2.05, 4.69) is 0 Å². The molecule has 0 atom stereocenters. The highest BCUT2D eigenvalue weighted by Gasteiger charge is 2.15. The minimum atomic E-state index is -0.330. The van der Waals surface area contributed by atoms with E-state index >= 15 is 0 Å². The molecule has 8 heteroatoms. The van der Waals surface area contributed by atoms with Gasteiger partial charge in [0.15, 0.2) is 24.8 Å². The molecule has 0 saturated heterocycles. The predicted octanol–water partition coefficient (Wildman–Crippen LogP) is -4.68. The fourth-order valence-corrected chi connectivity index (χ4v) is 2.22. The van der Waals surface area contributed by atoms with Crippen LogP contribution in [0.25, 0.3) is 0 Å². The zero-order chi connectivity index (χ0) is 17.4. The van der Waals surface area contributed by atoms with Crippen molar-refractivity contribution < 1.29 is 62.2 Å². The van der Waals surface area contributed by atoms with E-state index in [-0.39, 0.29) is 45.9 Å². The Kier molecular flexibility index (Phi) is 11.7. The fraction of sp³-hybridized carbons (Fsp3) is 0.333. The molecule has 2 heterocycles. The summed E-state index contributed by atoms with van der Waals surface area (Å²) < 4.78 is 13.8. The number of hydrogen-bond acceptors (Lipinski definition) is 4. The van der Waals surface area contributed by atoms with Gasteiger partial charge in [0, 0.05) is 12.1 Å². The maximum atomic E-state index is 11.8. The Bertz CT molecular complexity index is 664. The zero-order valence-electron chi connectivity index (χ0n) is 14.7. The number of nitrogens with zero attached hydrogens (tertiary/aromatic N) is 2. The van der Waals surface area contributed by atoms with E-state index in [9.17, 15) is 9.59 Å². The fourth-order valence-electron chi connectivity index (χ4n) is 2.22. The molecule has 0 fully saturated rings. The van der Waals surface area contributed by atoms with Crippen molar-refractivity contribution in [3.63, 3.8) is 0 Å². The average molecular weight is 490 g/mol. The van der Waals surface area contributed by atoms with Gasteiger partial charge in [0.25, 0.3) is 0 Å². The highest BCUT2D eigenvalue weighted by Crippen LogP contribution is 1.99. The molecule has 0 bridgehead atoms. The molecule has 26 heavy (non-hydrogen) atoms. The Balaban J connectivity index is 0.00000312. The number of hydrogen-bond donors (Lipinski definition) is 0. The van der Waals surface area contributed by atoms with Crippen LogP contribution < -0.4 is 43.1 Å². The van der Waals surface area contributed by atoms with E-state index in [1.54, 1.807) is 38.4 Å². The van der Waals surface area contributed by atoms with E-state index in [1.165, 1.54) is 0 Å². The van der Waals surface area contributed by atoms with Crippen molar-refractivity contribution in [2.24, 2.45) is 0 Å². The molecule has 2 rings (SSSR count). The molecule has 0 radical (unpaired) electrons. The number of carbonyl (C=O) groups is 2. The summed E-state index contributed by atoms with van der Waals surface area (Å²) >= 11 is 0. The summed E-state index contributed by atoms with van der Waals surface area (Å²) in [5.74, 6) is -0.660. The van der Waals surface area contributed by atoms with Gasteiger partial charge in [-0.1, -0.05) is 0 Å². The van der Waals surface area contributed by atoms with Gasteiger partial charge in [-0.25, -0.2) is 9.59 Å². The molecule has 142 valence electrons. The van der Waals surface area contributed by atoms with E-state index in [0.717, 1.165) is 0 Å². The quantitative estimate of drug-likeness (QED) is 0.290. The first-order chi connectivity index (χ1) is 11.6. The van der Waals surface area contributed by atoms with Gasteiger partial charge in [-0.15, -0.1) is 0 Å². The smallest absolute Gasteiger partial charge is 0.344 e. The van der Waals surface area contributed by atoms with E-state index in [1.807, 2.05) is 33.7 Å². The predicted molar refractivity (Wildman–Crippen MR) is 85.2 cm³/mol. The minimum Gasteiger partial charge on any atom is -1.00 e. The lowest BCUT2D eigenvalue weighted by Crippen LogP contribution is -3.00. The third kappa shape index (κ3) is 7.21. The number of carbonyl (C=O) groups excluding carboxylic acids is 2. The van der Waals surface area contributed by atoms with Crippen molar-refractivity contribution in [3.05, 3.63) is 60.2 Å². The standard InChI is InChI=1S/C18H22N2O4.2BrH/c1-3-23-17(21)15-7-5-9-19(13-15)11-12-20-10-6-8-16(14-20)18(22)24-4-2;;/h5-10,13-14H,3-4,11-12H2,1-2H3;2*1H/q+2;;/p-2. The Morgan fingerprint density at radius 2 is 1.19 bits per heavy atom. The van der Waals surface area contributed by atoms with Gasteiger partial charge in [0.05, 0.1) is 13.2 Å². The summed E-state index contributed by atoms with van der Waals surface area (Å²) in [6, 6.07) is 7.07. The Morgan fingerprint density at radius 3 is 1.54 bits per heavy atom. The number of aryl methyl sites for hydroxylation is 2. The molecule has 0 aromatic carbocycles. The van der Waals surface area contributed by atoms with E-state index in [0.29, 0.717) is 37.4 Å². The molecule has 0 unspecified atom stereocenters. The molecule has 0 N–H and O–H groups in total. The Morgan fingerprint density at radius 1 is 0.808 bits per heavy atom. The number of pyridine rings is 2. The number of ether oxygens (including phenoxy) is 2. The third-order valence-corrected chi connectivity index (χ3v) is 3.36. The van der Waals surface area contributed by atoms with Gasteiger partial charge in [-0.2, -0.15) is 9.13 Å². The molecular weight excluding hydrogens is 468 g/mol. The summed E-state index contributed by atoms with van der Waals surface area (Å²) in [7, 11) is 0. The van der Waals surface area contributed by atoms with Gasteiger partial charge in [0.2, 0.25) is 13.1 Å². The second-order valence-electron chi connectivity index (χ2n) is 5.10. The SMILES string of the molecule is CCOC(=O)c1ccc[n+](CC[n+]2cccc(C(=O)OCC)c2)c1.[Br-].[Br-]. The van der Waals surface area contributed by atoms with Crippen LogP contribution in [0, 0.1) is 0 Å². The van der Waals surface area contributed by atoms with Crippen molar-refractivity contribution in [2.75, 3.05) is 13.2 Å². The van der Waals surface area contributed by atoms with Crippen LogP contribution in [0.5, 0.6) is 0 Å². The molecule has 0 aliphatic rings. The van der Waals surface area contributed by atoms with Gasteiger partial charge in [-0.3, -0.25) is 0 Å². The highest BCUT2D eigenvalue weighted by atomic mass is 79.9. The summed E-state index contributed by atoms with van der Waals surface area (Å²) in [4.78, 5) is 23.5. The molecule has 0 aliphatic carbocycles. The van der Waals surface area contributed by atoms with E-state index < -0.39 is 0 Å². The minimum absolute atomic E-state index is 0. The molecule has 0 spiro atoms. The highest BCUT2D eigenvalue weighted by molar-refractivity contribution is 5.89. The summed E-state index contributed by atoms with van der Waals surface area (Å²) in [6.07, 6.45) is 7.29. The first kappa shape index (κ1) is 24.2. The van der Waals surface area contributed by atoms with Crippen LogP contribution in [0.4, 0.5) is 0 Å². The van der Waals surface area contributed by atoms with Crippen molar-refractivity contribution in [2.45, 2.75) is 26.9 Å². The summed E-state index contributed by atoms with van der Waals surface area (Å²) in [5.41, 5.74) is 1.04. The number of halogens is 2. The van der Waals surface area contributed by atoms with Crippen LogP contribution in [0.15, 0.2) is 49.1 Å². The Labute approximate surface area is 174 Å². The van der Waals surface area contributed by atoms with Crippen molar-refractivity contribution in [1.82, 2.24) is 0 Å². The van der Waals surface area contributed by atoms with Crippen molar-refractivity contribution in [1.29, 1.82) is 0 Å². The van der Waals surface area contributed by atoms with E-state index in [4.69, 9.17) is 9.47 Å². The number of rotatable bonds is 7. The summed E-state index contributed by atoms with van der Waals surface area (Å²) in [6.45, 7) is 5.58. The van der Waals surface area contributed by atoms with Crippen LogP contribution in [0.3, 0.4) is 0 Å². The second kappa shape index (κ2) is 12.5. The van der Waals surface area contributed by atoms with Crippen LogP contribution in [0.2, 0.25) is 0 Å². The molecule has 0 saturated carbocycles. The lowest BCUT2D eigenvalue weighted by atomic mass is 10.3. The van der Waals surface area contributed by atoms with Gasteiger partial charge >= 0.3 is 11.9 Å². The lowest BCUT2D eigenvalue weighted by molar-refractivity contribution is -0.778. The first-order valence-electron chi connectivity index (χ1n) is 7.96. The van der Waals surface area contributed by atoms with Gasteiger partial charge < -0.3 is 43.4 Å².